The molecular weight excluding hydrogens is 589 g/mol. The summed E-state index contributed by atoms with van der Waals surface area (Å²) in [4.78, 5) is 28.9. The monoisotopic (exact) mass is 629 g/mol. The number of nitrogens with zero attached hydrogens (tertiary/aromatic N) is 5. The Morgan fingerprint density at radius 2 is 1.47 bits per heavy atom. The number of rotatable bonds is 9. The summed E-state index contributed by atoms with van der Waals surface area (Å²) in [6.07, 6.45) is 2.20. The summed E-state index contributed by atoms with van der Waals surface area (Å²) in [5.74, 6) is 2.24. The van der Waals surface area contributed by atoms with Gasteiger partial charge in [0, 0.05) is 63.2 Å². The van der Waals surface area contributed by atoms with E-state index in [1.807, 2.05) is 0 Å². The van der Waals surface area contributed by atoms with Gasteiger partial charge in [-0.15, -0.1) is 24.8 Å². The van der Waals surface area contributed by atoms with Crippen molar-refractivity contribution in [3.05, 3.63) is 83.2 Å². The molecule has 9 nitrogen and oxygen atoms in total. The Labute approximate surface area is 266 Å². The number of fused-ring (bicyclic) bond motifs is 1. The number of ether oxygens (including phenoxy) is 2. The smallest absolute Gasteiger partial charge is 0.248 e. The highest BCUT2D eigenvalue weighted by molar-refractivity contribution is 5.85. The highest BCUT2D eigenvalue weighted by Crippen LogP contribution is 2.41. The van der Waals surface area contributed by atoms with Gasteiger partial charge in [0.2, 0.25) is 17.7 Å². The quantitative estimate of drug-likeness (QED) is 0.383. The molecule has 1 saturated carbocycles. The number of carbonyl (C=O) groups is 1. The second kappa shape index (κ2) is 14.7. The molecule has 2 aliphatic heterocycles. The van der Waals surface area contributed by atoms with Crippen molar-refractivity contribution >= 4 is 30.7 Å². The summed E-state index contributed by atoms with van der Waals surface area (Å²) in [5.41, 5.74) is 3.39. The molecule has 6 rings (SSSR count). The van der Waals surface area contributed by atoms with Crippen LogP contribution in [0, 0.1) is 0 Å². The van der Waals surface area contributed by atoms with Gasteiger partial charge >= 0.3 is 0 Å². The molecule has 1 aromatic heterocycles. The van der Waals surface area contributed by atoms with Gasteiger partial charge in [-0.25, -0.2) is 0 Å². The number of aromatic nitrogens is 2. The van der Waals surface area contributed by atoms with E-state index in [2.05, 4.69) is 70.5 Å². The van der Waals surface area contributed by atoms with Gasteiger partial charge in [-0.2, -0.15) is 9.97 Å². The molecule has 2 saturated heterocycles. The lowest BCUT2D eigenvalue weighted by molar-refractivity contribution is -0.139. The second-order valence-electron chi connectivity index (χ2n) is 11.3. The zero-order chi connectivity index (χ0) is 28.3. The highest BCUT2D eigenvalue weighted by Gasteiger charge is 2.43. The number of hydrogen-bond donors (Lipinski definition) is 1. The molecule has 0 bridgehead atoms. The van der Waals surface area contributed by atoms with E-state index in [4.69, 9.17) is 19.4 Å². The average Bonchev–Trinajstić information content (AvgIpc) is 3.87. The molecule has 2 atom stereocenters. The zero-order valence-electron chi connectivity index (χ0n) is 24.7. The van der Waals surface area contributed by atoms with E-state index in [0.29, 0.717) is 37.3 Å². The predicted molar refractivity (Wildman–Crippen MR) is 170 cm³/mol. The third-order valence-electron chi connectivity index (χ3n) is 8.72. The largest absolute Gasteiger partial charge is 0.481 e. The van der Waals surface area contributed by atoms with Crippen LogP contribution in [0.5, 0.6) is 11.8 Å². The van der Waals surface area contributed by atoms with E-state index in [-0.39, 0.29) is 48.7 Å². The molecule has 3 aliphatic rings. The molecule has 0 unspecified atom stereocenters. The Morgan fingerprint density at radius 3 is 1.98 bits per heavy atom. The van der Waals surface area contributed by atoms with Crippen LogP contribution < -0.4 is 9.47 Å². The van der Waals surface area contributed by atoms with Crippen molar-refractivity contribution in [1.82, 2.24) is 24.7 Å². The first kappa shape index (κ1) is 33.0. The van der Waals surface area contributed by atoms with Crippen molar-refractivity contribution in [2.75, 3.05) is 53.6 Å². The Hall–Kier alpha value is -2.95. The van der Waals surface area contributed by atoms with Crippen LogP contribution in [0.15, 0.2) is 60.7 Å². The third kappa shape index (κ3) is 7.07. The number of amides is 1. The Bertz CT molecular complexity index is 1280. The minimum absolute atomic E-state index is 0. The topological polar surface area (TPSA) is 91.3 Å². The fourth-order valence-electron chi connectivity index (χ4n) is 6.60. The lowest BCUT2D eigenvalue weighted by atomic mass is 9.81. The second-order valence-corrected chi connectivity index (χ2v) is 11.3. The van der Waals surface area contributed by atoms with E-state index >= 15 is 0 Å². The molecule has 3 fully saturated rings. The van der Waals surface area contributed by atoms with Crippen molar-refractivity contribution in [2.45, 2.75) is 43.3 Å². The fraction of sp³-hybridized carbons (Fsp3) is 0.469. The minimum atomic E-state index is -0.463. The van der Waals surface area contributed by atoms with Crippen LogP contribution in [-0.4, -0.2) is 101 Å². The molecule has 3 aromatic rings. The number of methoxy groups -OCH3 is 2. The molecule has 3 heterocycles. The normalized spacial score (nSPS) is 20.5. The average molecular weight is 631 g/mol. The Morgan fingerprint density at radius 1 is 0.884 bits per heavy atom. The van der Waals surface area contributed by atoms with Gasteiger partial charge in [0.05, 0.1) is 19.8 Å². The number of halogens is 2. The summed E-state index contributed by atoms with van der Waals surface area (Å²) in [6, 6.07) is 21.7. The number of aliphatic hydroxyl groups excluding tert-OH is 1. The van der Waals surface area contributed by atoms with E-state index in [9.17, 15) is 9.90 Å². The SMILES string of the molecule is COc1nc(C2CC2)nc(OC)c1CN1C[C@@H]2CN(C(=O)CO)CCN2[C@H](C(c2ccccc2)c2ccccc2)C1.Cl.Cl. The molecule has 0 radical (unpaired) electrons. The van der Waals surface area contributed by atoms with E-state index < -0.39 is 6.61 Å². The fourth-order valence-corrected chi connectivity index (χ4v) is 6.60. The number of carbonyl (C=O) groups excluding carboxylic acids is 1. The van der Waals surface area contributed by atoms with Gasteiger partial charge in [0.1, 0.15) is 12.4 Å². The van der Waals surface area contributed by atoms with Crippen LogP contribution in [0.25, 0.3) is 0 Å². The molecule has 1 N–H and O–H groups in total. The summed E-state index contributed by atoms with van der Waals surface area (Å²) < 4.78 is 11.6. The zero-order valence-corrected chi connectivity index (χ0v) is 26.3. The molecular formula is C32H41Cl2N5O4. The number of piperazine rings is 2. The van der Waals surface area contributed by atoms with Gasteiger partial charge < -0.3 is 19.5 Å². The first-order valence-corrected chi connectivity index (χ1v) is 14.5. The molecule has 0 spiro atoms. The third-order valence-corrected chi connectivity index (χ3v) is 8.72. The van der Waals surface area contributed by atoms with E-state index in [0.717, 1.165) is 43.9 Å². The Balaban J connectivity index is 0.00000212. The van der Waals surface area contributed by atoms with Crippen molar-refractivity contribution in [2.24, 2.45) is 0 Å². The maximum atomic E-state index is 12.5. The van der Waals surface area contributed by atoms with E-state index in [1.165, 1.54) is 11.1 Å². The lowest BCUT2D eigenvalue weighted by Gasteiger charge is -2.53. The summed E-state index contributed by atoms with van der Waals surface area (Å²) in [5, 5.41) is 9.59. The maximum absolute atomic E-state index is 12.5. The standard InChI is InChI=1S/C32H39N5O4.2ClH/c1-40-31-26(32(41-2)34-30(33-31)24-13-14-24)19-35-17-25-18-36(28(39)21-38)15-16-37(25)27(20-35)29(22-9-5-3-6-10-22)23-11-7-4-8-12-23;;/h3-12,24-25,27,29,38H,13-21H2,1-2H3;2*1H/t25-,27+;;/m1../s1. The number of benzene rings is 2. The molecule has 43 heavy (non-hydrogen) atoms. The first-order valence-electron chi connectivity index (χ1n) is 14.5. The Kier molecular flexibility index (Phi) is 11.3. The number of aliphatic hydroxyl groups is 1. The van der Waals surface area contributed by atoms with Crippen LogP contribution in [0.2, 0.25) is 0 Å². The summed E-state index contributed by atoms with van der Waals surface area (Å²) >= 11 is 0. The lowest BCUT2D eigenvalue weighted by Crippen LogP contribution is -2.67. The van der Waals surface area contributed by atoms with Crippen molar-refractivity contribution in [1.29, 1.82) is 0 Å². The first-order chi connectivity index (χ1) is 20.1. The van der Waals surface area contributed by atoms with Crippen molar-refractivity contribution < 1.29 is 19.4 Å². The van der Waals surface area contributed by atoms with Gasteiger partial charge in [-0.3, -0.25) is 14.6 Å². The van der Waals surface area contributed by atoms with Gasteiger partial charge in [-0.1, -0.05) is 60.7 Å². The van der Waals surface area contributed by atoms with Gasteiger partial charge in [-0.05, 0) is 24.0 Å². The maximum Gasteiger partial charge on any atom is 0.248 e. The van der Waals surface area contributed by atoms with Crippen LogP contribution in [0.3, 0.4) is 0 Å². The van der Waals surface area contributed by atoms with Gasteiger partial charge in [0.25, 0.3) is 0 Å². The van der Waals surface area contributed by atoms with Gasteiger partial charge in [0.15, 0.2) is 0 Å². The van der Waals surface area contributed by atoms with Crippen molar-refractivity contribution in [3.63, 3.8) is 0 Å². The van der Waals surface area contributed by atoms with Crippen molar-refractivity contribution in [3.8, 4) is 11.8 Å². The molecule has 2 aromatic carbocycles. The minimum Gasteiger partial charge on any atom is -0.481 e. The predicted octanol–water partition coefficient (Wildman–Crippen LogP) is 3.74. The summed E-state index contributed by atoms with van der Waals surface area (Å²) in [7, 11) is 3.31. The molecule has 232 valence electrons. The van der Waals surface area contributed by atoms with Crippen LogP contribution >= 0.6 is 24.8 Å². The highest BCUT2D eigenvalue weighted by atomic mass is 35.5. The molecule has 11 heteroatoms. The molecule has 1 aliphatic carbocycles. The van der Waals surface area contributed by atoms with Crippen LogP contribution in [0.1, 0.15) is 47.2 Å². The van der Waals surface area contributed by atoms with Crippen LogP contribution in [0.4, 0.5) is 0 Å². The van der Waals surface area contributed by atoms with Crippen LogP contribution in [-0.2, 0) is 11.3 Å². The van der Waals surface area contributed by atoms with E-state index in [1.54, 1.807) is 19.1 Å². The molecule has 1 amide bonds. The number of hydrogen-bond acceptors (Lipinski definition) is 8. The summed E-state index contributed by atoms with van der Waals surface area (Å²) in [6.45, 7) is 3.64.